The maximum atomic E-state index is 5.76. The molecule has 3 nitrogen and oxygen atoms in total. The number of imidazole rings is 1. The van der Waals surface area contributed by atoms with Crippen LogP contribution in [0.3, 0.4) is 0 Å². The molecule has 0 saturated heterocycles. The van der Waals surface area contributed by atoms with Crippen LogP contribution >= 0.6 is 0 Å². The minimum absolute atomic E-state index is 0.418. The summed E-state index contributed by atoms with van der Waals surface area (Å²) in [4.78, 5) is 4.18. The van der Waals surface area contributed by atoms with E-state index in [2.05, 4.69) is 23.4 Å². The van der Waals surface area contributed by atoms with Gasteiger partial charge in [0, 0.05) is 12.2 Å². The highest BCUT2D eigenvalue weighted by molar-refractivity contribution is 5.25. The van der Waals surface area contributed by atoms with E-state index >= 15 is 0 Å². The predicted octanol–water partition coefficient (Wildman–Crippen LogP) is 1.74. The van der Waals surface area contributed by atoms with Gasteiger partial charge in [0.15, 0.2) is 0 Å². The van der Waals surface area contributed by atoms with Crippen LogP contribution < -0.4 is 5.73 Å². The molecule has 2 N–H and O–H groups in total. The second-order valence-corrected chi connectivity index (χ2v) is 4.36. The molecule has 0 aromatic carbocycles. The lowest BCUT2D eigenvalue weighted by atomic mass is 10.2. The topological polar surface area (TPSA) is 43.8 Å². The summed E-state index contributed by atoms with van der Waals surface area (Å²) in [5, 5.41) is 0. The Morgan fingerprint density at radius 2 is 2.25 bits per heavy atom. The number of aromatic nitrogens is 2. The molecule has 1 unspecified atom stereocenters. The average Bonchev–Trinajstić information content (AvgIpc) is 2.40. The Labute approximate surface area is 72.6 Å². The molecule has 3 heteroatoms. The molecule has 1 heterocycles. The van der Waals surface area contributed by atoms with Crippen molar-refractivity contribution >= 4 is 5.95 Å². The monoisotopic (exact) mass is 165 g/mol. The smallest absolute Gasteiger partial charge is 0.200 e. The molecule has 1 atom stereocenters. The van der Waals surface area contributed by atoms with E-state index in [1.807, 2.05) is 13.1 Å². The van der Waals surface area contributed by atoms with E-state index in [1.54, 1.807) is 0 Å². The first-order valence-electron chi connectivity index (χ1n) is 4.32. The fourth-order valence-corrected chi connectivity index (χ4v) is 1.70. The van der Waals surface area contributed by atoms with Gasteiger partial charge in [-0.3, -0.25) is 0 Å². The van der Waals surface area contributed by atoms with Crippen molar-refractivity contribution in [2.45, 2.75) is 33.2 Å². The van der Waals surface area contributed by atoms with Crippen molar-refractivity contribution in [3.05, 3.63) is 11.9 Å². The zero-order valence-corrected chi connectivity index (χ0v) is 7.83. The van der Waals surface area contributed by atoms with Crippen LogP contribution in [-0.4, -0.2) is 9.55 Å². The Hall–Kier alpha value is -0.990. The van der Waals surface area contributed by atoms with Gasteiger partial charge in [-0.2, -0.15) is 0 Å². The average molecular weight is 165 g/mol. The van der Waals surface area contributed by atoms with E-state index in [4.69, 9.17) is 5.73 Å². The number of hydrogen-bond donors (Lipinski definition) is 1. The Morgan fingerprint density at radius 1 is 1.67 bits per heavy atom. The van der Waals surface area contributed by atoms with Gasteiger partial charge >= 0.3 is 0 Å². The second-order valence-electron chi connectivity index (χ2n) is 4.36. The number of anilines is 1. The molecular formula is C9H15N3. The number of nitrogens with zero attached hydrogens (tertiary/aromatic N) is 2. The SMILES string of the molecule is Cc1cn(C2CC2(C)C)c(N)n1. The van der Waals surface area contributed by atoms with E-state index in [-0.39, 0.29) is 0 Å². The molecule has 1 fully saturated rings. The van der Waals surface area contributed by atoms with Crippen molar-refractivity contribution in [1.82, 2.24) is 9.55 Å². The first-order valence-corrected chi connectivity index (χ1v) is 4.32. The molecule has 66 valence electrons. The van der Waals surface area contributed by atoms with Gasteiger partial charge in [0.2, 0.25) is 5.95 Å². The molecule has 12 heavy (non-hydrogen) atoms. The van der Waals surface area contributed by atoms with Crippen molar-refractivity contribution in [1.29, 1.82) is 0 Å². The number of rotatable bonds is 1. The third kappa shape index (κ3) is 1.00. The van der Waals surface area contributed by atoms with Crippen LogP contribution in [0.2, 0.25) is 0 Å². The van der Waals surface area contributed by atoms with Gasteiger partial charge in [-0.05, 0) is 18.8 Å². The zero-order valence-electron chi connectivity index (χ0n) is 7.83. The second kappa shape index (κ2) is 2.03. The lowest BCUT2D eigenvalue weighted by Crippen LogP contribution is -2.03. The van der Waals surface area contributed by atoms with Crippen molar-refractivity contribution < 1.29 is 0 Å². The van der Waals surface area contributed by atoms with Crippen molar-refractivity contribution in [2.75, 3.05) is 5.73 Å². The zero-order chi connectivity index (χ0) is 8.93. The number of hydrogen-bond acceptors (Lipinski definition) is 2. The molecule has 0 amide bonds. The lowest BCUT2D eigenvalue weighted by Gasteiger charge is -2.05. The van der Waals surface area contributed by atoms with E-state index in [0.717, 1.165) is 5.69 Å². The van der Waals surface area contributed by atoms with Gasteiger partial charge in [0.05, 0.1) is 5.69 Å². The summed E-state index contributed by atoms with van der Waals surface area (Å²) in [6, 6.07) is 0.568. The Bertz CT molecular complexity index is 312. The van der Waals surface area contributed by atoms with Gasteiger partial charge < -0.3 is 10.3 Å². The highest BCUT2D eigenvalue weighted by atomic mass is 15.2. The van der Waals surface area contributed by atoms with Crippen molar-refractivity contribution in [2.24, 2.45) is 5.41 Å². The maximum Gasteiger partial charge on any atom is 0.200 e. The van der Waals surface area contributed by atoms with Crippen LogP contribution in [0.25, 0.3) is 0 Å². The van der Waals surface area contributed by atoms with E-state index in [1.165, 1.54) is 6.42 Å². The van der Waals surface area contributed by atoms with Gasteiger partial charge in [-0.25, -0.2) is 4.98 Å². The molecule has 1 aliphatic carbocycles. The van der Waals surface area contributed by atoms with Crippen LogP contribution in [0.1, 0.15) is 32.0 Å². The molecule has 0 bridgehead atoms. The van der Waals surface area contributed by atoms with Crippen molar-refractivity contribution in [3.63, 3.8) is 0 Å². The van der Waals surface area contributed by atoms with E-state index in [0.29, 0.717) is 17.4 Å². The summed E-state index contributed by atoms with van der Waals surface area (Å²) in [6.07, 6.45) is 3.25. The Balaban J connectivity index is 2.30. The minimum Gasteiger partial charge on any atom is -0.369 e. The lowest BCUT2D eigenvalue weighted by molar-refractivity contribution is 0.545. The van der Waals surface area contributed by atoms with Gasteiger partial charge in [0.1, 0.15) is 0 Å². The fourth-order valence-electron chi connectivity index (χ4n) is 1.70. The molecule has 1 saturated carbocycles. The largest absolute Gasteiger partial charge is 0.369 e. The van der Waals surface area contributed by atoms with Gasteiger partial charge in [-0.15, -0.1) is 0 Å². The Kier molecular flexibility index (Phi) is 1.29. The normalized spacial score (nSPS) is 25.8. The van der Waals surface area contributed by atoms with Gasteiger partial charge in [0.25, 0.3) is 0 Å². The Morgan fingerprint density at radius 3 is 2.58 bits per heavy atom. The third-order valence-corrected chi connectivity index (χ3v) is 2.68. The molecule has 1 aromatic heterocycles. The summed E-state index contributed by atoms with van der Waals surface area (Å²) >= 11 is 0. The molecule has 1 aliphatic rings. The van der Waals surface area contributed by atoms with E-state index in [9.17, 15) is 0 Å². The predicted molar refractivity (Wildman–Crippen MR) is 48.8 cm³/mol. The highest BCUT2D eigenvalue weighted by Crippen LogP contribution is 2.56. The summed E-state index contributed by atoms with van der Waals surface area (Å²) in [7, 11) is 0. The number of nitrogens with two attached hydrogens (primary N) is 1. The fraction of sp³-hybridized carbons (Fsp3) is 0.667. The summed E-state index contributed by atoms with van der Waals surface area (Å²) in [5.74, 6) is 0.656. The first kappa shape index (κ1) is 7.65. The van der Waals surface area contributed by atoms with Crippen LogP contribution in [0.15, 0.2) is 6.20 Å². The number of nitrogen functional groups attached to an aromatic ring is 1. The molecular weight excluding hydrogens is 150 g/mol. The molecule has 0 spiro atoms. The molecule has 0 radical (unpaired) electrons. The van der Waals surface area contributed by atoms with Crippen LogP contribution in [0.5, 0.6) is 0 Å². The molecule has 0 aliphatic heterocycles. The van der Waals surface area contributed by atoms with Crippen LogP contribution in [0.4, 0.5) is 5.95 Å². The maximum absolute atomic E-state index is 5.76. The first-order chi connectivity index (χ1) is 5.50. The van der Waals surface area contributed by atoms with Crippen LogP contribution in [-0.2, 0) is 0 Å². The summed E-state index contributed by atoms with van der Waals surface area (Å²) < 4.78 is 2.09. The summed E-state index contributed by atoms with van der Waals surface area (Å²) in [6.45, 7) is 6.49. The van der Waals surface area contributed by atoms with E-state index < -0.39 is 0 Å². The summed E-state index contributed by atoms with van der Waals surface area (Å²) in [5.41, 5.74) is 7.18. The van der Waals surface area contributed by atoms with Crippen molar-refractivity contribution in [3.8, 4) is 0 Å². The van der Waals surface area contributed by atoms with Gasteiger partial charge in [-0.1, -0.05) is 13.8 Å². The third-order valence-electron chi connectivity index (χ3n) is 2.68. The quantitative estimate of drug-likeness (QED) is 0.689. The highest BCUT2D eigenvalue weighted by Gasteiger charge is 2.47. The molecule has 2 rings (SSSR count). The minimum atomic E-state index is 0.418. The number of aryl methyl sites for hydroxylation is 1. The van der Waals surface area contributed by atoms with Crippen LogP contribution in [0, 0.1) is 12.3 Å². The molecule has 1 aromatic rings. The standard InChI is InChI=1S/C9H15N3/c1-6-5-12(8(10)11-6)7-4-9(7,2)3/h5,7H,4H2,1-3H3,(H2,10,11).